The number of anilines is 2. The number of nitrogens with two attached hydrogens (primary N) is 1. The van der Waals surface area contributed by atoms with E-state index in [9.17, 15) is 9.18 Å². The zero-order chi connectivity index (χ0) is 13.7. The number of urea groups is 1. The molecule has 0 aliphatic heterocycles. The summed E-state index contributed by atoms with van der Waals surface area (Å²) in [5, 5.41) is 5.08. The second-order valence-electron chi connectivity index (χ2n) is 3.92. The number of halogens is 1. The maximum Gasteiger partial charge on any atom is 0.323 e. The van der Waals surface area contributed by atoms with Gasteiger partial charge >= 0.3 is 6.03 Å². The summed E-state index contributed by atoms with van der Waals surface area (Å²) in [6.45, 7) is 0.316. The molecular weight excluding hydrogens is 245 g/mol. The number of hydrogen-bond acceptors (Lipinski definition) is 2. The number of rotatable bonds is 3. The van der Waals surface area contributed by atoms with Crippen LogP contribution in [0.3, 0.4) is 0 Å². The van der Waals surface area contributed by atoms with Gasteiger partial charge in [0, 0.05) is 12.2 Å². The number of benzene rings is 2. The van der Waals surface area contributed by atoms with Crippen LogP contribution in [-0.4, -0.2) is 6.03 Å². The van der Waals surface area contributed by atoms with E-state index in [0.29, 0.717) is 12.2 Å². The van der Waals surface area contributed by atoms with Crippen molar-refractivity contribution in [2.45, 2.75) is 6.54 Å². The van der Waals surface area contributed by atoms with Crippen LogP contribution in [0.15, 0.2) is 48.5 Å². The molecule has 0 saturated heterocycles. The molecule has 0 spiro atoms. The average molecular weight is 259 g/mol. The van der Waals surface area contributed by atoms with E-state index in [2.05, 4.69) is 10.6 Å². The maximum atomic E-state index is 13.4. The van der Waals surface area contributed by atoms with Crippen LogP contribution in [0, 0.1) is 5.82 Å². The lowest BCUT2D eigenvalue weighted by Gasteiger charge is -2.11. The number of para-hydroxylation sites is 2. The topological polar surface area (TPSA) is 67.1 Å². The van der Waals surface area contributed by atoms with Crippen LogP contribution in [0.25, 0.3) is 0 Å². The van der Waals surface area contributed by atoms with Crippen LogP contribution in [0.5, 0.6) is 0 Å². The molecule has 2 rings (SSSR count). The molecular formula is C14H14FN3O. The van der Waals surface area contributed by atoms with E-state index in [4.69, 9.17) is 5.73 Å². The Labute approximate surface area is 110 Å². The van der Waals surface area contributed by atoms with E-state index < -0.39 is 11.8 Å². The van der Waals surface area contributed by atoms with Gasteiger partial charge in [-0.1, -0.05) is 30.3 Å². The normalized spacial score (nSPS) is 10.0. The number of carbonyl (C=O) groups excluding carboxylic acids is 1. The molecule has 0 aromatic heterocycles. The van der Waals surface area contributed by atoms with Crippen molar-refractivity contribution in [3.8, 4) is 0 Å². The third kappa shape index (κ3) is 3.29. The maximum absolute atomic E-state index is 13.4. The van der Waals surface area contributed by atoms with E-state index in [1.54, 1.807) is 24.3 Å². The fourth-order valence-electron chi connectivity index (χ4n) is 1.66. The molecule has 0 aliphatic carbocycles. The summed E-state index contributed by atoms with van der Waals surface area (Å²) >= 11 is 0. The Bertz CT molecular complexity index is 586. The van der Waals surface area contributed by atoms with Crippen LogP contribution in [0.1, 0.15) is 5.56 Å². The van der Waals surface area contributed by atoms with Crippen LogP contribution < -0.4 is 16.4 Å². The van der Waals surface area contributed by atoms with Gasteiger partial charge < -0.3 is 16.4 Å². The summed E-state index contributed by atoms with van der Waals surface area (Å²) in [7, 11) is 0. The van der Waals surface area contributed by atoms with E-state index >= 15 is 0 Å². The number of amides is 2. The van der Waals surface area contributed by atoms with E-state index in [1.165, 1.54) is 12.1 Å². The summed E-state index contributed by atoms with van der Waals surface area (Å²) < 4.78 is 13.4. The van der Waals surface area contributed by atoms with Gasteiger partial charge in [0.2, 0.25) is 0 Å². The quantitative estimate of drug-likeness (QED) is 0.793. The average Bonchev–Trinajstić information content (AvgIpc) is 2.42. The second kappa shape index (κ2) is 5.97. The molecule has 4 nitrogen and oxygen atoms in total. The van der Waals surface area contributed by atoms with Gasteiger partial charge in [0.15, 0.2) is 0 Å². The van der Waals surface area contributed by atoms with E-state index in [1.807, 2.05) is 12.1 Å². The number of hydrogen-bond donors (Lipinski definition) is 3. The first-order chi connectivity index (χ1) is 9.20. The molecule has 0 aliphatic rings. The Balaban J connectivity index is 2.08. The zero-order valence-corrected chi connectivity index (χ0v) is 10.2. The molecule has 2 aromatic rings. The van der Waals surface area contributed by atoms with Crippen molar-refractivity contribution < 1.29 is 9.18 Å². The van der Waals surface area contributed by atoms with Crippen molar-refractivity contribution in [1.29, 1.82) is 0 Å². The fourth-order valence-corrected chi connectivity index (χ4v) is 1.66. The van der Waals surface area contributed by atoms with Gasteiger partial charge in [0.05, 0.1) is 5.69 Å². The number of carbonyl (C=O) groups is 1. The minimum absolute atomic E-state index is 0.130. The molecule has 0 saturated carbocycles. The predicted molar refractivity (Wildman–Crippen MR) is 73.4 cm³/mol. The molecule has 4 N–H and O–H groups in total. The highest BCUT2D eigenvalue weighted by molar-refractivity contribution is 6.00. The van der Waals surface area contributed by atoms with Gasteiger partial charge in [-0.05, 0) is 23.8 Å². The lowest BCUT2D eigenvalue weighted by molar-refractivity contribution is 0.262. The first kappa shape index (κ1) is 13.0. The van der Waals surface area contributed by atoms with Crippen LogP contribution in [0.4, 0.5) is 20.6 Å². The van der Waals surface area contributed by atoms with Gasteiger partial charge in [-0.3, -0.25) is 0 Å². The summed E-state index contributed by atoms with van der Waals surface area (Å²) in [6, 6.07) is 12.6. The predicted octanol–water partition coefficient (Wildman–Crippen LogP) is 2.93. The van der Waals surface area contributed by atoms with Crippen molar-refractivity contribution in [1.82, 2.24) is 0 Å². The molecule has 98 valence electrons. The largest absolute Gasteiger partial charge is 0.326 e. The van der Waals surface area contributed by atoms with Crippen molar-refractivity contribution in [2.75, 3.05) is 10.6 Å². The molecule has 0 bridgehead atoms. The summed E-state index contributed by atoms with van der Waals surface area (Å²) in [4.78, 5) is 11.8. The third-order valence-corrected chi connectivity index (χ3v) is 2.61. The van der Waals surface area contributed by atoms with Gasteiger partial charge in [0.1, 0.15) is 5.82 Å². The zero-order valence-electron chi connectivity index (χ0n) is 10.2. The standard InChI is InChI=1S/C14H14FN3O/c15-11-6-2-4-8-13(11)18-14(19)17-12-7-3-1-5-10(12)9-16/h1-8H,9,16H2,(H2,17,18,19). The molecule has 2 amide bonds. The Hall–Kier alpha value is -2.40. The Morgan fingerprint density at radius 3 is 2.26 bits per heavy atom. The molecule has 0 unspecified atom stereocenters. The summed E-state index contributed by atoms with van der Waals surface area (Å²) in [5.74, 6) is -0.482. The molecule has 0 atom stereocenters. The molecule has 0 fully saturated rings. The Morgan fingerprint density at radius 2 is 1.58 bits per heavy atom. The highest BCUT2D eigenvalue weighted by Crippen LogP contribution is 2.16. The SMILES string of the molecule is NCc1ccccc1NC(=O)Nc1ccccc1F. The smallest absolute Gasteiger partial charge is 0.323 e. The molecule has 19 heavy (non-hydrogen) atoms. The Morgan fingerprint density at radius 1 is 1.00 bits per heavy atom. The number of nitrogens with one attached hydrogen (secondary N) is 2. The molecule has 2 aromatic carbocycles. The minimum Gasteiger partial charge on any atom is -0.326 e. The lowest BCUT2D eigenvalue weighted by Crippen LogP contribution is -2.21. The van der Waals surface area contributed by atoms with Gasteiger partial charge in [-0.25, -0.2) is 9.18 Å². The van der Waals surface area contributed by atoms with Gasteiger partial charge in [-0.15, -0.1) is 0 Å². The van der Waals surface area contributed by atoms with Crippen molar-refractivity contribution >= 4 is 17.4 Å². The van der Waals surface area contributed by atoms with Crippen molar-refractivity contribution in [3.05, 3.63) is 59.9 Å². The summed E-state index contributed by atoms with van der Waals surface area (Å²) in [5.41, 5.74) is 7.12. The third-order valence-electron chi connectivity index (χ3n) is 2.61. The van der Waals surface area contributed by atoms with Crippen LogP contribution >= 0.6 is 0 Å². The minimum atomic E-state index is -0.508. The molecule has 5 heteroatoms. The first-order valence-electron chi connectivity index (χ1n) is 5.81. The van der Waals surface area contributed by atoms with Crippen LogP contribution in [-0.2, 0) is 6.54 Å². The Kier molecular flexibility index (Phi) is 4.10. The van der Waals surface area contributed by atoms with Gasteiger partial charge in [0.25, 0.3) is 0 Å². The highest BCUT2D eigenvalue weighted by Gasteiger charge is 2.07. The van der Waals surface area contributed by atoms with Crippen molar-refractivity contribution in [2.24, 2.45) is 5.73 Å². The monoisotopic (exact) mass is 259 g/mol. The fraction of sp³-hybridized carbons (Fsp3) is 0.0714. The molecule has 0 heterocycles. The highest BCUT2D eigenvalue weighted by atomic mass is 19.1. The van der Waals surface area contributed by atoms with Crippen molar-refractivity contribution in [3.63, 3.8) is 0 Å². The van der Waals surface area contributed by atoms with E-state index in [0.717, 1.165) is 5.56 Å². The first-order valence-corrected chi connectivity index (χ1v) is 5.81. The van der Waals surface area contributed by atoms with Crippen LogP contribution in [0.2, 0.25) is 0 Å². The summed E-state index contributed by atoms with van der Waals surface area (Å²) in [6.07, 6.45) is 0. The lowest BCUT2D eigenvalue weighted by atomic mass is 10.2. The van der Waals surface area contributed by atoms with Gasteiger partial charge in [-0.2, -0.15) is 0 Å². The second-order valence-corrected chi connectivity index (χ2v) is 3.92. The molecule has 0 radical (unpaired) electrons. The van der Waals surface area contributed by atoms with E-state index in [-0.39, 0.29) is 5.69 Å².